The van der Waals surface area contributed by atoms with Gasteiger partial charge in [-0.15, -0.1) is 0 Å². The molecule has 0 atom stereocenters. The van der Waals surface area contributed by atoms with Gasteiger partial charge >= 0.3 is 0 Å². The van der Waals surface area contributed by atoms with Crippen LogP contribution in [-0.4, -0.2) is 37.3 Å². The first-order valence-electron chi connectivity index (χ1n) is 5.13. The van der Waals surface area contributed by atoms with Crippen molar-refractivity contribution < 1.29 is 9.22 Å². The Labute approximate surface area is 82.5 Å². The average molecular weight is 184 g/mol. The lowest BCUT2D eigenvalue weighted by Crippen LogP contribution is -2.49. The molecule has 0 fully saturated rings. The molecule has 0 N–H and O–H groups in total. The number of rotatable bonds is 6. The monoisotopic (exact) mass is 184 g/mol. The van der Waals surface area contributed by atoms with E-state index < -0.39 is 0 Å². The minimum Gasteiger partial charge on any atom is -0.441 e. The van der Waals surface area contributed by atoms with Crippen molar-refractivity contribution in [1.29, 1.82) is 0 Å². The molecule has 2 nitrogen and oxygen atoms in total. The molecule has 0 spiro atoms. The maximum Gasteiger partial charge on any atom is 0.149 e. The lowest BCUT2D eigenvalue weighted by molar-refractivity contribution is -0.923. The molecule has 0 saturated carbocycles. The molecule has 0 unspecified atom stereocenters. The molecule has 0 aliphatic heterocycles. The molecule has 0 heterocycles. The third kappa shape index (κ3) is 4.19. The summed E-state index contributed by atoms with van der Waals surface area (Å²) in [4.78, 5) is 0. The second-order valence-electron chi connectivity index (χ2n) is 3.21. The number of nitrogens with zero attached hydrogens (tertiary/aromatic N) is 1. The zero-order valence-electron chi connectivity index (χ0n) is 9.39. The molecule has 0 aromatic carbocycles. The molecule has 0 rings (SSSR count). The first-order chi connectivity index (χ1) is 6.24. The van der Waals surface area contributed by atoms with Gasteiger partial charge in [0.2, 0.25) is 0 Å². The van der Waals surface area contributed by atoms with Gasteiger partial charge in [0.1, 0.15) is 19.3 Å². The van der Waals surface area contributed by atoms with E-state index in [0.29, 0.717) is 0 Å². The summed E-state index contributed by atoms with van der Waals surface area (Å²) < 4.78 is 6.30. The van der Waals surface area contributed by atoms with Gasteiger partial charge in [-0.25, -0.2) is 0 Å². The van der Waals surface area contributed by atoms with Crippen molar-refractivity contribution in [3.63, 3.8) is 0 Å². The summed E-state index contributed by atoms with van der Waals surface area (Å²) in [7, 11) is 0. The number of likely N-dealkylation sites (N-methyl/N-ethyl adjacent to an activating group) is 1. The molecule has 0 aromatic rings. The highest BCUT2D eigenvalue weighted by molar-refractivity contribution is 4.84. The maximum atomic E-state index is 5.17. The van der Waals surface area contributed by atoms with E-state index in [1.807, 2.05) is 0 Å². The maximum absolute atomic E-state index is 5.17. The summed E-state index contributed by atoms with van der Waals surface area (Å²) in [5.41, 5.74) is 0. The number of quaternary nitrogens is 1. The van der Waals surface area contributed by atoms with E-state index in [-0.39, 0.29) is 0 Å². The van der Waals surface area contributed by atoms with Crippen LogP contribution in [0, 0.1) is 12.0 Å². The fraction of sp³-hybridized carbons (Fsp3) is 0.818. The number of ether oxygens (including phenoxy) is 1. The van der Waals surface area contributed by atoms with E-state index in [2.05, 4.69) is 32.8 Å². The van der Waals surface area contributed by atoms with Crippen molar-refractivity contribution in [3.05, 3.63) is 0 Å². The molecule has 0 bridgehead atoms. The van der Waals surface area contributed by atoms with Crippen LogP contribution in [0.5, 0.6) is 0 Å². The Morgan fingerprint density at radius 2 is 1.62 bits per heavy atom. The van der Waals surface area contributed by atoms with Crippen molar-refractivity contribution >= 4 is 0 Å². The van der Waals surface area contributed by atoms with Crippen LogP contribution in [0.15, 0.2) is 0 Å². The van der Waals surface area contributed by atoms with Gasteiger partial charge in [0.15, 0.2) is 0 Å². The quantitative estimate of drug-likeness (QED) is 0.348. The van der Waals surface area contributed by atoms with Gasteiger partial charge in [-0.05, 0) is 20.8 Å². The second-order valence-corrected chi connectivity index (χ2v) is 3.21. The van der Waals surface area contributed by atoms with Gasteiger partial charge in [-0.2, -0.15) is 0 Å². The van der Waals surface area contributed by atoms with Crippen LogP contribution in [0.25, 0.3) is 0 Å². The van der Waals surface area contributed by atoms with Crippen LogP contribution >= 0.6 is 0 Å². The molecule has 0 aliphatic rings. The topological polar surface area (TPSA) is 9.23 Å². The van der Waals surface area contributed by atoms with Crippen molar-refractivity contribution in [2.45, 2.75) is 27.7 Å². The summed E-state index contributed by atoms with van der Waals surface area (Å²) in [6, 6.07) is 0. The van der Waals surface area contributed by atoms with Gasteiger partial charge in [-0.3, -0.25) is 0 Å². The van der Waals surface area contributed by atoms with Crippen LogP contribution in [0.2, 0.25) is 0 Å². The third-order valence-electron chi connectivity index (χ3n) is 2.85. The van der Waals surface area contributed by atoms with Crippen LogP contribution in [0.3, 0.4) is 0 Å². The van der Waals surface area contributed by atoms with Gasteiger partial charge in [0.05, 0.1) is 19.6 Å². The third-order valence-corrected chi connectivity index (χ3v) is 2.85. The zero-order valence-corrected chi connectivity index (χ0v) is 9.39. The van der Waals surface area contributed by atoms with E-state index in [1.165, 1.54) is 19.6 Å². The van der Waals surface area contributed by atoms with Crippen molar-refractivity contribution in [1.82, 2.24) is 0 Å². The lowest BCUT2D eigenvalue weighted by Gasteiger charge is -2.35. The van der Waals surface area contributed by atoms with Crippen molar-refractivity contribution in [3.8, 4) is 12.0 Å². The lowest BCUT2D eigenvalue weighted by atomic mass is 10.3. The normalized spacial score (nSPS) is 10.5. The first-order valence-corrected chi connectivity index (χ1v) is 5.13. The Hall–Kier alpha value is -0.680. The van der Waals surface area contributed by atoms with E-state index >= 15 is 0 Å². The molecule has 0 amide bonds. The summed E-state index contributed by atoms with van der Waals surface area (Å²) in [5.74, 6) is 2.73. The molecule has 13 heavy (non-hydrogen) atoms. The van der Waals surface area contributed by atoms with E-state index in [9.17, 15) is 0 Å². The summed E-state index contributed by atoms with van der Waals surface area (Å²) in [6.07, 6.45) is 2.63. The van der Waals surface area contributed by atoms with Gasteiger partial charge < -0.3 is 9.22 Å². The van der Waals surface area contributed by atoms with Crippen molar-refractivity contribution in [2.24, 2.45) is 0 Å². The van der Waals surface area contributed by atoms with Gasteiger partial charge in [0.25, 0.3) is 0 Å². The highest BCUT2D eigenvalue weighted by Gasteiger charge is 2.19. The van der Waals surface area contributed by atoms with Crippen LogP contribution in [0.4, 0.5) is 0 Å². The second kappa shape index (κ2) is 6.80. The molecular weight excluding hydrogens is 162 g/mol. The molecule has 0 saturated heterocycles. The Morgan fingerprint density at radius 3 is 2.00 bits per heavy atom. The molecular formula is C11H22NO+. The molecule has 0 radical (unpaired) electrons. The predicted molar refractivity (Wildman–Crippen MR) is 56.2 cm³/mol. The van der Waals surface area contributed by atoms with E-state index in [1.54, 1.807) is 6.92 Å². The Bertz CT molecular complexity index is 166. The van der Waals surface area contributed by atoms with Crippen LogP contribution < -0.4 is 0 Å². The highest BCUT2D eigenvalue weighted by Crippen LogP contribution is 2.04. The molecule has 76 valence electrons. The minimum atomic E-state index is 0.746. The molecule has 2 heteroatoms. The summed E-state index contributed by atoms with van der Waals surface area (Å²) in [6.45, 7) is 13.8. The van der Waals surface area contributed by atoms with Gasteiger partial charge in [-0.1, -0.05) is 5.92 Å². The highest BCUT2D eigenvalue weighted by atomic mass is 16.5. The summed E-state index contributed by atoms with van der Waals surface area (Å²) >= 11 is 0. The predicted octanol–water partition coefficient (Wildman–Crippen LogP) is 1.86. The fourth-order valence-electron chi connectivity index (χ4n) is 1.51. The molecule has 0 aliphatic carbocycles. The van der Waals surface area contributed by atoms with Gasteiger partial charge in [0, 0.05) is 6.92 Å². The molecule has 0 aromatic heterocycles. The van der Waals surface area contributed by atoms with E-state index in [4.69, 9.17) is 4.74 Å². The minimum absolute atomic E-state index is 0.746. The van der Waals surface area contributed by atoms with Crippen LogP contribution in [0.1, 0.15) is 27.7 Å². The number of hydrogen-bond donors (Lipinski definition) is 0. The SMILES string of the molecule is CC#COCC[N+](CC)(CC)CC. The van der Waals surface area contributed by atoms with E-state index in [0.717, 1.165) is 17.6 Å². The van der Waals surface area contributed by atoms with Crippen LogP contribution in [-0.2, 0) is 4.74 Å². The summed E-state index contributed by atoms with van der Waals surface area (Å²) in [5, 5.41) is 0. The smallest absolute Gasteiger partial charge is 0.149 e. The number of hydrogen-bond acceptors (Lipinski definition) is 1. The zero-order chi connectivity index (χ0) is 10.2. The Balaban J connectivity index is 3.85. The first kappa shape index (κ1) is 12.3. The Morgan fingerprint density at radius 1 is 1.08 bits per heavy atom. The standard InChI is InChI=1S/C11H22NO/c1-5-10-13-11-9-12(6-2,7-3)8-4/h6-9,11H2,1-4H3/q+1. The average Bonchev–Trinajstić information content (AvgIpc) is 2.20. The Kier molecular flexibility index (Phi) is 6.44. The van der Waals surface area contributed by atoms with Crippen molar-refractivity contribution in [2.75, 3.05) is 32.8 Å². The fourth-order valence-corrected chi connectivity index (χ4v) is 1.51. The largest absolute Gasteiger partial charge is 0.441 e.